The first-order valence-electron chi connectivity index (χ1n) is 11.3. The van der Waals surface area contributed by atoms with Crippen LogP contribution in [-0.2, 0) is 4.79 Å². The Balaban J connectivity index is 1.44. The number of nitrogens with one attached hydrogen (secondary N) is 1. The number of aryl methyl sites for hydroxylation is 1. The first-order chi connectivity index (χ1) is 16.9. The standard InChI is InChI=1S/C26H28N4O4S/c1-16(2)13-23-29-30-24(27)19(25(31)28-26(30)35-23)14-18-9-10-21(22(15-18)32-4)34-12-11-33-20-8-6-5-7-17(20)3/h5-10,14-16,27H,11-13H2,1-4H3/b19-14+,27-24?. The van der Waals surface area contributed by atoms with Gasteiger partial charge in [-0.05, 0) is 60.0 Å². The van der Waals surface area contributed by atoms with Gasteiger partial charge in [-0.1, -0.05) is 38.1 Å². The SMILES string of the molecule is COc1cc(/C=C2\C(=N)N3N=C(CC(C)C)SC3=NC2=O)ccc1OCCOc1ccccc1C. The molecule has 4 rings (SSSR count). The minimum Gasteiger partial charge on any atom is -0.493 e. The third kappa shape index (κ3) is 5.74. The van der Waals surface area contributed by atoms with Crippen LogP contribution in [0.2, 0.25) is 0 Å². The Labute approximate surface area is 209 Å². The number of thioether (sulfide) groups is 1. The van der Waals surface area contributed by atoms with E-state index in [9.17, 15) is 4.79 Å². The van der Waals surface area contributed by atoms with Crippen LogP contribution in [-0.4, -0.2) is 47.3 Å². The molecule has 35 heavy (non-hydrogen) atoms. The number of hydrazone groups is 1. The highest BCUT2D eigenvalue weighted by atomic mass is 32.2. The molecule has 0 saturated carbocycles. The van der Waals surface area contributed by atoms with E-state index in [1.54, 1.807) is 31.4 Å². The largest absolute Gasteiger partial charge is 0.493 e. The lowest BCUT2D eigenvalue weighted by atomic mass is 10.1. The number of rotatable bonds is 9. The third-order valence-electron chi connectivity index (χ3n) is 5.27. The van der Waals surface area contributed by atoms with Crippen molar-refractivity contribution in [2.75, 3.05) is 20.3 Å². The Morgan fingerprint density at radius 1 is 1.09 bits per heavy atom. The maximum atomic E-state index is 12.7. The number of ether oxygens (including phenoxy) is 3. The van der Waals surface area contributed by atoms with E-state index in [0.717, 1.165) is 22.8 Å². The molecular weight excluding hydrogens is 464 g/mol. The summed E-state index contributed by atoms with van der Waals surface area (Å²) in [6, 6.07) is 13.2. The molecule has 1 N–H and O–H groups in total. The van der Waals surface area contributed by atoms with Crippen molar-refractivity contribution >= 4 is 39.8 Å². The molecule has 0 radical (unpaired) electrons. The van der Waals surface area contributed by atoms with E-state index in [0.29, 0.717) is 41.4 Å². The summed E-state index contributed by atoms with van der Waals surface area (Å²) in [5.74, 6) is 1.88. The van der Waals surface area contributed by atoms with E-state index in [2.05, 4.69) is 23.9 Å². The Hall–Kier alpha value is -3.59. The average molecular weight is 493 g/mol. The van der Waals surface area contributed by atoms with E-state index in [4.69, 9.17) is 19.6 Å². The second-order valence-corrected chi connectivity index (χ2v) is 9.52. The Bertz CT molecular complexity index is 1240. The molecule has 0 saturated heterocycles. The van der Waals surface area contributed by atoms with Gasteiger partial charge in [0.2, 0.25) is 5.17 Å². The van der Waals surface area contributed by atoms with Crippen LogP contribution in [0.25, 0.3) is 6.08 Å². The van der Waals surface area contributed by atoms with Crippen molar-refractivity contribution in [3.05, 3.63) is 59.2 Å². The maximum Gasteiger partial charge on any atom is 0.283 e. The summed E-state index contributed by atoms with van der Waals surface area (Å²) >= 11 is 1.35. The Kier molecular flexibility index (Phi) is 7.55. The van der Waals surface area contributed by atoms with Gasteiger partial charge >= 0.3 is 0 Å². The van der Waals surface area contributed by atoms with E-state index in [1.165, 1.54) is 16.8 Å². The van der Waals surface area contributed by atoms with E-state index >= 15 is 0 Å². The summed E-state index contributed by atoms with van der Waals surface area (Å²) in [5.41, 5.74) is 1.93. The van der Waals surface area contributed by atoms with Gasteiger partial charge in [0, 0.05) is 6.42 Å². The van der Waals surface area contributed by atoms with Gasteiger partial charge in [-0.2, -0.15) is 15.1 Å². The molecule has 0 atom stereocenters. The van der Waals surface area contributed by atoms with Crippen molar-refractivity contribution in [1.29, 1.82) is 5.41 Å². The lowest BCUT2D eigenvalue weighted by Gasteiger charge is -2.20. The topological polar surface area (TPSA) is 96.6 Å². The van der Waals surface area contributed by atoms with Crippen LogP contribution in [0.15, 0.2) is 58.1 Å². The normalized spacial score (nSPS) is 16.4. The third-order valence-corrected chi connectivity index (χ3v) is 6.20. The molecule has 1 amide bonds. The van der Waals surface area contributed by atoms with Crippen LogP contribution in [0.4, 0.5) is 0 Å². The summed E-state index contributed by atoms with van der Waals surface area (Å²) in [6.45, 7) is 6.92. The number of hydrogen-bond donors (Lipinski definition) is 1. The molecule has 0 spiro atoms. The van der Waals surface area contributed by atoms with Gasteiger partial charge in [0.25, 0.3) is 5.91 Å². The van der Waals surface area contributed by atoms with Gasteiger partial charge < -0.3 is 14.2 Å². The van der Waals surface area contributed by atoms with Crippen molar-refractivity contribution in [2.24, 2.45) is 16.0 Å². The van der Waals surface area contributed by atoms with E-state index in [1.807, 2.05) is 31.2 Å². The zero-order valence-electron chi connectivity index (χ0n) is 20.2. The summed E-state index contributed by atoms with van der Waals surface area (Å²) in [6.07, 6.45) is 2.40. The lowest BCUT2D eigenvalue weighted by molar-refractivity contribution is -0.114. The van der Waals surface area contributed by atoms with Crippen LogP contribution >= 0.6 is 11.8 Å². The highest BCUT2D eigenvalue weighted by molar-refractivity contribution is 8.26. The predicted molar refractivity (Wildman–Crippen MR) is 140 cm³/mol. The molecule has 2 aliphatic rings. The number of nitrogens with zero attached hydrogens (tertiary/aromatic N) is 3. The first-order valence-corrected chi connectivity index (χ1v) is 12.2. The van der Waals surface area contributed by atoms with Crippen molar-refractivity contribution in [3.63, 3.8) is 0 Å². The van der Waals surface area contributed by atoms with Crippen molar-refractivity contribution in [1.82, 2.24) is 5.01 Å². The first kappa shape index (κ1) is 24.5. The maximum absolute atomic E-state index is 12.7. The molecule has 2 aliphatic heterocycles. The van der Waals surface area contributed by atoms with Crippen molar-refractivity contribution in [3.8, 4) is 17.2 Å². The predicted octanol–water partition coefficient (Wildman–Crippen LogP) is 5.13. The molecule has 0 unspecified atom stereocenters. The molecule has 182 valence electrons. The number of benzene rings is 2. The second kappa shape index (κ2) is 10.8. The lowest BCUT2D eigenvalue weighted by Crippen LogP contribution is -2.35. The number of fused-ring (bicyclic) bond motifs is 1. The van der Waals surface area contributed by atoms with Gasteiger partial charge in [-0.3, -0.25) is 10.2 Å². The van der Waals surface area contributed by atoms with Gasteiger partial charge in [0.1, 0.15) is 24.0 Å². The Morgan fingerprint density at radius 2 is 1.83 bits per heavy atom. The second-order valence-electron chi connectivity index (χ2n) is 8.48. The van der Waals surface area contributed by atoms with Crippen LogP contribution in [0, 0.1) is 18.3 Å². The van der Waals surface area contributed by atoms with Crippen LogP contribution in [0.1, 0.15) is 31.4 Å². The van der Waals surface area contributed by atoms with E-state index in [-0.39, 0.29) is 11.4 Å². The van der Waals surface area contributed by atoms with E-state index < -0.39 is 5.91 Å². The minimum atomic E-state index is -0.456. The zero-order chi connectivity index (χ0) is 24.9. The number of hydrogen-bond acceptors (Lipinski definition) is 7. The summed E-state index contributed by atoms with van der Waals surface area (Å²) in [4.78, 5) is 16.8. The molecule has 9 heteroatoms. The number of carbonyl (C=O) groups is 1. The molecule has 2 heterocycles. The fourth-order valence-electron chi connectivity index (χ4n) is 3.54. The van der Waals surface area contributed by atoms with Gasteiger partial charge in [-0.25, -0.2) is 0 Å². The quantitative estimate of drug-likeness (QED) is 0.385. The van der Waals surface area contributed by atoms with Crippen molar-refractivity contribution in [2.45, 2.75) is 27.2 Å². The fourth-order valence-corrected chi connectivity index (χ4v) is 4.64. The van der Waals surface area contributed by atoms with Crippen LogP contribution in [0.3, 0.4) is 0 Å². The van der Waals surface area contributed by atoms with Gasteiger partial charge in [0.05, 0.1) is 12.7 Å². The molecule has 0 fully saturated rings. The number of methoxy groups -OCH3 is 1. The molecule has 0 aliphatic carbocycles. The summed E-state index contributed by atoms with van der Waals surface area (Å²) in [5, 5.41) is 15.7. The highest BCUT2D eigenvalue weighted by Gasteiger charge is 2.35. The average Bonchev–Trinajstić information content (AvgIpc) is 3.22. The molecule has 2 aromatic rings. The molecule has 0 bridgehead atoms. The number of amidine groups is 2. The summed E-state index contributed by atoms with van der Waals surface area (Å²) < 4.78 is 17.1. The molecular formula is C26H28N4O4S. The van der Waals surface area contributed by atoms with Crippen molar-refractivity contribution < 1.29 is 19.0 Å². The monoisotopic (exact) mass is 492 g/mol. The van der Waals surface area contributed by atoms with Gasteiger partial charge in [-0.15, -0.1) is 0 Å². The molecule has 8 nitrogen and oxygen atoms in total. The Morgan fingerprint density at radius 3 is 2.54 bits per heavy atom. The summed E-state index contributed by atoms with van der Waals surface area (Å²) in [7, 11) is 1.56. The van der Waals surface area contributed by atoms with Crippen LogP contribution in [0.5, 0.6) is 17.2 Å². The smallest absolute Gasteiger partial charge is 0.283 e. The van der Waals surface area contributed by atoms with Crippen LogP contribution < -0.4 is 14.2 Å². The number of aliphatic imine (C=N–C) groups is 1. The molecule has 2 aromatic carbocycles. The van der Waals surface area contributed by atoms with Gasteiger partial charge in [0.15, 0.2) is 17.3 Å². The minimum absolute atomic E-state index is 0.0129. The zero-order valence-corrected chi connectivity index (χ0v) is 21.0. The fraction of sp³-hybridized carbons (Fsp3) is 0.308. The number of para-hydroxylation sites is 1. The highest BCUT2D eigenvalue weighted by Crippen LogP contribution is 2.32. The number of amides is 1. The molecule has 0 aromatic heterocycles. The number of carbonyl (C=O) groups excluding carboxylic acids is 1.